The van der Waals surface area contributed by atoms with Crippen LogP contribution in [-0.2, 0) is 0 Å². The van der Waals surface area contributed by atoms with E-state index in [1.165, 1.54) is 24.9 Å². The summed E-state index contributed by atoms with van der Waals surface area (Å²) < 4.78 is 0. The monoisotopic (exact) mass is 201 g/mol. The van der Waals surface area contributed by atoms with Gasteiger partial charge in [-0.1, -0.05) is 25.1 Å². The minimum Gasteiger partial charge on any atom is -0.371 e. The molecule has 1 aromatic carbocycles. The molecule has 0 saturated heterocycles. The second kappa shape index (κ2) is 3.26. The Labute approximate surface area is 92.1 Å². The second-order valence-corrected chi connectivity index (χ2v) is 5.26. The Bertz CT molecular complexity index is 371. The first-order chi connectivity index (χ1) is 7.27. The van der Waals surface area contributed by atoms with E-state index in [9.17, 15) is 0 Å². The molecule has 1 heteroatoms. The van der Waals surface area contributed by atoms with E-state index >= 15 is 0 Å². The van der Waals surface area contributed by atoms with Gasteiger partial charge in [-0.15, -0.1) is 0 Å². The van der Waals surface area contributed by atoms with Gasteiger partial charge in [0.25, 0.3) is 0 Å². The van der Waals surface area contributed by atoms with E-state index < -0.39 is 0 Å². The van der Waals surface area contributed by atoms with Gasteiger partial charge in [-0.05, 0) is 36.8 Å². The van der Waals surface area contributed by atoms with E-state index in [2.05, 4.69) is 43.1 Å². The van der Waals surface area contributed by atoms with Crippen LogP contribution in [0.25, 0.3) is 0 Å². The molecule has 3 atom stereocenters. The summed E-state index contributed by atoms with van der Waals surface area (Å²) in [6.45, 7) is 2.40. The summed E-state index contributed by atoms with van der Waals surface area (Å²) in [4.78, 5) is 2.51. The van der Waals surface area contributed by atoms with Crippen molar-refractivity contribution in [3.05, 3.63) is 29.8 Å². The van der Waals surface area contributed by atoms with Gasteiger partial charge in [-0.25, -0.2) is 0 Å². The van der Waals surface area contributed by atoms with Crippen molar-refractivity contribution in [1.29, 1.82) is 0 Å². The maximum Gasteiger partial charge on any atom is 0.0402 e. The molecule has 1 aromatic rings. The van der Waals surface area contributed by atoms with Crippen molar-refractivity contribution >= 4 is 5.69 Å². The first-order valence-corrected chi connectivity index (χ1v) is 6.09. The predicted octanol–water partition coefficient (Wildman–Crippen LogP) is 3.41. The van der Waals surface area contributed by atoms with Gasteiger partial charge in [0, 0.05) is 24.7 Å². The summed E-state index contributed by atoms with van der Waals surface area (Å²) in [5, 5.41) is 0. The third-order valence-corrected chi connectivity index (χ3v) is 4.29. The van der Waals surface area contributed by atoms with Gasteiger partial charge in [0.15, 0.2) is 0 Å². The van der Waals surface area contributed by atoms with Crippen molar-refractivity contribution in [3.63, 3.8) is 0 Å². The Morgan fingerprint density at radius 1 is 1.20 bits per heavy atom. The molecule has 1 nitrogen and oxygen atoms in total. The molecule has 1 aliphatic carbocycles. The Balaban J connectivity index is 2.02. The highest BCUT2D eigenvalue weighted by atomic mass is 15.2. The summed E-state index contributed by atoms with van der Waals surface area (Å²) in [5.74, 6) is 1.71. The normalized spacial score (nSPS) is 33.7. The van der Waals surface area contributed by atoms with Crippen molar-refractivity contribution < 1.29 is 0 Å². The number of benzene rings is 1. The number of para-hydroxylation sites is 1. The van der Waals surface area contributed by atoms with E-state index in [0.29, 0.717) is 0 Å². The van der Waals surface area contributed by atoms with Gasteiger partial charge < -0.3 is 4.90 Å². The number of rotatable bonds is 0. The van der Waals surface area contributed by atoms with Crippen LogP contribution in [0.15, 0.2) is 24.3 Å². The van der Waals surface area contributed by atoms with Crippen molar-refractivity contribution in [2.75, 3.05) is 11.9 Å². The van der Waals surface area contributed by atoms with Crippen molar-refractivity contribution in [3.8, 4) is 0 Å². The van der Waals surface area contributed by atoms with Crippen LogP contribution in [0.1, 0.15) is 37.7 Å². The molecule has 0 aromatic heterocycles. The number of anilines is 1. The van der Waals surface area contributed by atoms with Gasteiger partial charge in [-0.3, -0.25) is 0 Å². The molecule has 3 unspecified atom stereocenters. The van der Waals surface area contributed by atoms with E-state index in [4.69, 9.17) is 0 Å². The van der Waals surface area contributed by atoms with Crippen LogP contribution in [-0.4, -0.2) is 13.1 Å². The van der Waals surface area contributed by atoms with Crippen molar-refractivity contribution in [2.45, 2.75) is 38.1 Å². The average Bonchev–Trinajstić information content (AvgIpc) is 2.54. The van der Waals surface area contributed by atoms with Gasteiger partial charge in [0.05, 0.1) is 0 Å². The molecule has 0 bridgehead atoms. The van der Waals surface area contributed by atoms with Gasteiger partial charge in [-0.2, -0.15) is 0 Å². The van der Waals surface area contributed by atoms with E-state index in [1.807, 2.05) is 0 Å². The highest BCUT2D eigenvalue weighted by Gasteiger charge is 2.39. The molecule has 15 heavy (non-hydrogen) atoms. The van der Waals surface area contributed by atoms with Crippen LogP contribution in [0.2, 0.25) is 0 Å². The van der Waals surface area contributed by atoms with Crippen LogP contribution < -0.4 is 4.90 Å². The van der Waals surface area contributed by atoms with Crippen molar-refractivity contribution in [1.82, 2.24) is 0 Å². The fourth-order valence-electron chi connectivity index (χ4n) is 3.46. The summed E-state index contributed by atoms with van der Waals surface area (Å²) in [6.07, 6.45) is 4.16. The molecule has 80 valence electrons. The minimum atomic E-state index is 0.776. The van der Waals surface area contributed by atoms with Crippen LogP contribution in [0.3, 0.4) is 0 Å². The molecule has 0 amide bonds. The topological polar surface area (TPSA) is 3.24 Å². The lowest BCUT2D eigenvalue weighted by Gasteiger charge is -2.33. The SMILES string of the molecule is CC1CCC2C(C1)c1ccccc1N2C. The third-order valence-electron chi connectivity index (χ3n) is 4.29. The smallest absolute Gasteiger partial charge is 0.0402 e. The first-order valence-electron chi connectivity index (χ1n) is 6.09. The molecule has 1 heterocycles. The number of hydrogen-bond acceptors (Lipinski definition) is 1. The number of hydrogen-bond donors (Lipinski definition) is 0. The average molecular weight is 201 g/mol. The Morgan fingerprint density at radius 3 is 2.87 bits per heavy atom. The fraction of sp³-hybridized carbons (Fsp3) is 0.571. The van der Waals surface area contributed by atoms with Gasteiger partial charge in [0.1, 0.15) is 0 Å². The minimum absolute atomic E-state index is 0.776. The highest BCUT2D eigenvalue weighted by molar-refractivity contribution is 5.61. The number of likely N-dealkylation sites (N-methyl/N-ethyl adjacent to an activating group) is 1. The Morgan fingerprint density at radius 2 is 2.00 bits per heavy atom. The van der Waals surface area contributed by atoms with E-state index in [1.54, 1.807) is 5.56 Å². The molecule has 2 aliphatic rings. The lowest BCUT2D eigenvalue weighted by molar-refractivity contribution is 0.314. The Kier molecular flexibility index (Phi) is 2.01. The summed E-state index contributed by atoms with van der Waals surface area (Å²) in [7, 11) is 2.26. The van der Waals surface area contributed by atoms with Gasteiger partial charge in [0.2, 0.25) is 0 Å². The summed E-state index contributed by atoms with van der Waals surface area (Å²) in [6, 6.07) is 9.73. The number of nitrogens with zero attached hydrogens (tertiary/aromatic N) is 1. The standard InChI is InChI=1S/C14H19N/c1-10-7-8-14-12(9-10)11-5-3-4-6-13(11)15(14)2/h3-6,10,12,14H,7-9H2,1-2H3. The zero-order valence-electron chi connectivity index (χ0n) is 9.61. The van der Waals surface area contributed by atoms with E-state index in [-0.39, 0.29) is 0 Å². The molecule has 3 rings (SSSR count). The molecular weight excluding hydrogens is 182 g/mol. The maximum absolute atomic E-state index is 2.51. The molecule has 0 radical (unpaired) electrons. The fourth-order valence-corrected chi connectivity index (χ4v) is 3.46. The zero-order valence-corrected chi connectivity index (χ0v) is 9.61. The first kappa shape index (κ1) is 9.26. The predicted molar refractivity (Wildman–Crippen MR) is 64.4 cm³/mol. The van der Waals surface area contributed by atoms with Crippen LogP contribution in [0, 0.1) is 5.92 Å². The largest absolute Gasteiger partial charge is 0.371 e. The molecule has 1 aliphatic heterocycles. The second-order valence-electron chi connectivity index (χ2n) is 5.26. The lowest BCUT2D eigenvalue weighted by Crippen LogP contribution is -2.34. The maximum atomic E-state index is 2.51. The molecule has 1 fully saturated rings. The van der Waals surface area contributed by atoms with E-state index in [0.717, 1.165) is 17.9 Å². The molecule has 0 N–H and O–H groups in total. The molecular formula is C14H19N. The van der Waals surface area contributed by atoms with Crippen molar-refractivity contribution in [2.24, 2.45) is 5.92 Å². The Hall–Kier alpha value is -0.980. The molecule has 0 spiro atoms. The van der Waals surface area contributed by atoms with Gasteiger partial charge >= 0.3 is 0 Å². The summed E-state index contributed by atoms with van der Waals surface area (Å²) in [5.41, 5.74) is 3.07. The number of fused-ring (bicyclic) bond motifs is 3. The van der Waals surface area contributed by atoms with Crippen LogP contribution in [0.4, 0.5) is 5.69 Å². The molecule has 1 saturated carbocycles. The summed E-state index contributed by atoms with van der Waals surface area (Å²) >= 11 is 0. The quantitative estimate of drug-likeness (QED) is 0.621. The highest BCUT2D eigenvalue weighted by Crippen LogP contribution is 2.48. The van der Waals surface area contributed by atoms with Crippen LogP contribution >= 0.6 is 0 Å². The lowest BCUT2D eigenvalue weighted by atomic mass is 9.77. The third kappa shape index (κ3) is 1.29. The van der Waals surface area contributed by atoms with Crippen LogP contribution in [0.5, 0.6) is 0 Å². The zero-order chi connectivity index (χ0) is 10.4.